The van der Waals surface area contributed by atoms with Gasteiger partial charge in [-0.15, -0.1) is 6.58 Å². The molecule has 0 radical (unpaired) electrons. The predicted molar refractivity (Wildman–Crippen MR) is 62.8 cm³/mol. The molecule has 1 heterocycles. The third-order valence-corrected chi connectivity index (χ3v) is 2.19. The lowest BCUT2D eigenvalue weighted by atomic mass is 10.2. The van der Waals surface area contributed by atoms with Crippen molar-refractivity contribution >= 4 is 11.0 Å². The lowest BCUT2D eigenvalue weighted by molar-refractivity contribution is 0.326. The van der Waals surface area contributed by atoms with Gasteiger partial charge < -0.3 is 9.15 Å². The van der Waals surface area contributed by atoms with Gasteiger partial charge in [-0.1, -0.05) is 18.2 Å². The van der Waals surface area contributed by atoms with Crippen LogP contribution in [0.4, 0.5) is 0 Å². The van der Waals surface area contributed by atoms with Crippen LogP contribution in [0.25, 0.3) is 11.0 Å². The van der Waals surface area contributed by atoms with E-state index in [1.807, 2.05) is 18.2 Å². The normalized spacial score (nSPS) is 10.2. The first-order valence-corrected chi connectivity index (χ1v) is 5.08. The van der Waals surface area contributed by atoms with Gasteiger partial charge in [0.15, 0.2) is 0 Å². The molecule has 0 aliphatic heterocycles. The number of benzene rings is 1. The Hall–Kier alpha value is -2.03. The molecule has 2 aromatic rings. The smallest absolute Gasteiger partial charge is 0.339 e. The number of para-hydroxylation sites is 1. The summed E-state index contributed by atoms with van der Waals surface area (Å²) in [5, 5.41) is 0.811. The highest BCUT2D eigenvalue weighted by Gasteiger charge is 2.04. The maximum atomic E-state index is 11.3. The molecule has 0 fully saturated rings. The van der Waals surface area contributed by atoms with Crippen LogP contribution in [-0.2, 0) is 0 Å². The second-order valence-corrected chi connectivity index (χ2v) is 3.35. The molecule has 82 valence electrons. The summed E-state index contributed by atoms with van der Waals surface area (Å²) in [4.78, 5) is 11.3. The maximum Gasteiger partial charge on any atom is 0.339 e. The highest BCUT2D eigenvalue weighted by atomic mass is 16.5. The number of hydrogen-bond acceptors (Lipinski definition) is 3. The standard InChI is InChI=1S/C13H12O3/c1-2-3-8-15-12-9-13(14)16-11-7-5-4-6-10(11)12/h2,4-7,9H,1,3,8H2. The zero-order chi connectivity index (χ0) is 11.4. The van der Waals surface area contributed by atoms with Gasteiger partial charge >= 0.3 is 5.63 Å². The Kier molecular flexibility index (Phi) is 3.05. The molecule has 0 saturated carbocycles. The summed E-state index contributed by atoms with van der Waals surface area (Å²) in [6.45, 7) is 4.12. The third-order valence-electron chi connectivity index (χ3n) is 2.19. The van der Waals surface area contributed by atoms with E-state index in [4.69, 9.17) is 9.15 Å². The minimum absolute atomic E-state index is 0.396. The number of fused-ring (bicyclic) bond motifs is 1. The maximum absolute atomic E-state index is 11.3. The van der Waals surface area contributed by atoms with Crippen molar-refractivity contribution in [2.75, 3.05) is 6.61 Å². The molecular formula is C13H12O3. The Morgan fingerprint density at radius 2 is 2.19 bits per heavy atom. The van der Waals surface area contributed by atoms with Crippen LogP contribution in [0.1, 0.15) is 6.42 Å². The van der Waals surface area contributed by atoms with E-state index in [1.165, 1.54) is 6.07 Å². The first kappa shape index (κ1) is 10.5. The lowest BCUT2D eigenvalue weighted by Crippen LogP contribution is -2.02. The quantitative estimate of drug-likeness (QED) is 0.448. The minimum atomic E-state index is -0.396. The third kappa shape index (κ3) is 2.14. The second-order valence-electron chi connectivity index (χ2n) is 3.35. The Morgan fingerprint density at radius 1 is 1.38 bits per heavy atom. The summed E-state index contributed by atoms with van der Waals surface area (Å²) in [5.74, 6) is 0.564. The molecule has 0 aliphatic carbocycles. The van der Waals surface area contributed by atoms with Crippen molar-refractivity contribution in [1.82, 2.24) is 0 Å². The van der Waals surface area contributed by atoms with Crippen LogP contribution < -0.4 is 10.4 Å². The summed E-state index contributed by atoms with van der Waals surface area (Å²) >= 11 is 0. The van der Waals surface area contributed by atoms with E-state index in [9.17, 15) is 4.79 Å². The van der Waals surface area contributed by atoms with Crippen molar-refractivity contribution in [3.63, 3.8) is 0 Å². The zero-order valence-electron chi connectivity index (χ0n) is 8.81. The van der Waals surface area contributed by atoms with Gasteiger partial charge in [0.25, 0.3) is 0 Å². The molecule has 0 atom stereocenters. The van der Waals surface area contributed by atoms with Crippen molar-refractivity contribution in [2.24, 2.45) is 0 Å². The first-order valence-electron chi connectivity index (χ1n) is 5.08. The SMILES string of the molecule is C=CCCOc1cc(=O)oc2ccccc12. The average Bonchev–Trinajstić information content (AvgIpc) is 2.29. The Balaban J connectivity index is 2.42. The van der Waals surface area contributed by atoms with Gasteiger partial charge in [0.1, 0.15) is 11.3 Å². The number of hydrogen-bond donors (Lipinski definition) is 0. The van der Waals surface area contributed by atoms with Crippen molar-refractivity contribution in [3.8, 4) is 5.75 Å². The molecule has 0 unspecified atom stereocenters. The van der Waals surface area contributed by atoms with E-state index in [2.05, 4.69) is 6.58 Å². The van der Waals surface area contributed by atoms with E-state index in [-0.39, 0.29) is 0 Å². The minimum Gasteiger partial charge on any atom is -0.492 e. The Bertz CT molecular complexity index is 554. The van der Waals surface area contributed by atoms with Crippen molar-refractivity contribution < 1.29 is 9.15 Å². The molecule has 1 aromatic heterocycles. The molecule has 0 bridgehead atoms. The van der Waals surface area contributed by atoms with Crippen molar-refractivity contribution in [3.05, 3.63) is 53.4 Å². The first-order chi connectivity index (χ1) is 7.81. The second kappa shape index (κ2) is 4.66. The monoisotopic (exact) mass is 216 g/mol. The highest BCUT2D eigenvalue weighted by molar-refractivity contribution is 5.82. The topological polar surface area (TPSA) is 39.4 Å². The van der Waals surface area contributed by atoms with E-state index in [0.717, 1.165) is 11.8 Å². The molecule has 0 amide bonds. The van der Waals surface area contributed by atoms with E-state index in [0.29, 0.717) is 17.9 Å². The molecule has 1 aromatic carbocycles. The van der Waals surface area contributed by atoms with E-state index < -0.39 is 5.63 Å². The van der Waals surface area contributed by atoms with Crippen LogP contribution in [-0.4, -0.2) is 6.61 Å². The highest BCUT2D eigenvalue weighted by Crippen LogP contribution is 2.23. The largest absolute Gasteiger partial charge is 0.492 e. The van der Waals surface area contributed by atoms with Crippen LogP contribution in [0.3, 0.4) is 0 Å². The van der Waals surface area contributed by atoms with E-state index in [1.54, 1.807) is 12.1 Å². The van der Waals surface area contributed by atoms with Gasteiger partial charge in [0.2, 0.25) is 0 Å². The van der Waals surface area contributed by atoms with Crippen molar-refractivity contribution in [1.29, 1.82) is 0 Å². The molecule has 16 heavy (non-hydrogen) atoms. The molecule has 3 heteroatoms. The number of rotatable bonds is 4. The fourth-order valence-corrected chi connectivity index (χ4v) is 1.45. The van der Waals surface area contributed by atoms with Gasteiger partial charge in [-0.3, -0.25) is 0 Å². The zero-order valence-corrected chi connectivity index (χ0v) is 8.81. The fourth-order valence-electron chi connectivity index (χ4n) is 1.45. The average molecular weight is 216 g/mol. The molecule has 2 rings (SSSR count). The molecule has 0 saturated heterocycles. The van der Waals surface area contributed by atoms with Crippen LogP contribution in [0.2, 0.25) is 0 Å². The molecule has 3 nitrogen and oxygen atoms in total. The van der Waals surface area contributed by atoms with Crippen LogP contribution >= 0.6 is 0 Å². The van der Waals surface area contributed by atoms with Crippen molar-refractivity contribution in [2.45, 2.75) is 6.42 Å². The Labute approximate surface area is 93.0 Å². The summed E-state index contributed by atoms with van der Waals surface area (Å²) in [6.07, 6.45) is 2.52. The van der Waals surface area contributed by atoms with Gasteiger partial charge in [-0.05, 0) is 18.6 Å². The van der Waals surface area contributed by atoms with E-state index >= 15 is 0 Å². The summed E-state index contributed by atoms with van der Waals surface area (Å²) < 4.78 is 10.6. The van der Waals surface area contributed by atoms with Crippen LogP contribution in [0.5, 0.6) is 5.75 Å². The summed E-state index contributed by atoms with van der Waals surface area (Å²) in [5.41, 5.74) is 0.149. The fraction of sp³-hybridized carbons (Fsp3) is 0.154. The van der Waals surface area contributed by atoms with Gasteiger partial charge in [-0.25, -0.2) is 4.79 Å². The van der Waals surface area contributed by atoms with Gasteiger partial charge in [0.05, 0.1) is 18.1 Å². The molecule has 0 spiro atoms. The molecular weight excluding hydrogens is 204 g/mol. The summed E-state index contributed by atoms with van der Waals surface area (Å²) in [6, 6.07) is 8.67. The Morgan fingerprint density at radius 3 is 3.00 bits per heavy atom. The van der Waals surface area contributed by atoms with Gasteiger partial charge in [-0.2, -0.15) is 0 Å². The summed E-state index contributed by atoms with van der Waals surface area (Å²) in [7, 11) is 0. The lowest BCUT2D eigenvalue weighted by Gasteiger charge is -2.06. The molecule has 0 aliphatic rings. The van der Waals surface area contributed by atoms with Crippen LogP contribution in [0.15, 0.2) is 52.2 Å². The number of ether oxygens (including phenoxy) is 1. The van der Waals surface area contributed by atoms with Gasteiger partial charge in [0, 0.05) is 0 Å². The molecule has 0 N–H and O–H groups in total. The van der Waals surface area contributed by atoms with Crippen LogP contribution in [0, 0.1) is 0 Å². The predicted octanol–water partition coefficient (Wildman–Crippen LogP) is 2.75.